The van der Waals surface area contributed by atoms with Crippen LogP contribution in [0, 0.1) is 5.82 Å². The summed E-state index contributed by atoms with van der Waals surface area (Å²) in [5, 5.41) is 7.23. The lowest BCUT2D eigenvalue weighted by Crippen LogP contribution is -2.16. The number of nitrogens with two attached hydrogens (primary N) is 1. The molecule has 2 aromatic heterocycles. The summed E-state index contributed by atoms with van der Waals surface area (Å²) in [6, 6.07) is 9.39. The van der Waals surface area contributed by atoms with E-state index in [4.69, 9.17) is 33.5 Å². The SMILES string of the molecule is NC(=O)c1c(-c2c(F)cccc2Cl)noc1-c1cnn(-c2ccccc2Cl)c1C(F)(F)F. The van der Waals surface area contributed by atoms with Crippen LogP contribution in [0.1, 0.15) is 16.1 Å². The molecular weight excluding hydrogens is 475 g/mol. The number of alkyl halides is 3. The first kappa shape index (κ1) is 21.8. The van der Waals surface area contributed by atoms with Crippen LogP contribution in [0.3, 0.4) is 0 Å². The van der Waals surface area contributed by atoms with Crippen LogP contribution in [-0.4, -0.2) is 20.8 Å². The number of nitrogens with zero attached hydrogens (tertiary/aromatic N) is 3. The highest BCUT2D eigenvalue weighted by Gasteiger charge is 2.42. The summed E-state index contributed by atoms with van der Waals surface area (Å²) in [4.78, 5) is 12.2. The van der Waals surface area contributed by atoms with Gasteiger partial charge in [-0.05, 0) is 24.3 Å². The molecule has 0 aliphatic heterocycles. The van der Waals surface area contributed by atoms with Gasteiger partial charge in [-0.25, -0.2) is 9.07 Å². The number of hydrogen-bond donors (Lipinski definition) is 1. The zero-order valence-electron chi connectivity index (χ0n) is 15.6. The van der Waals surface area contributed by atoms with Crippen molar-refractivity contribution in [1.82, 2.24) is 14.9 Å². The predicted molar refractivity (Wildman–Crippen MR) is 108 cm³/mol. The number of carbonyl (C=O) groups is 1. The molecule has 0 aliphatic carbocycles. The van der Waals surface area contributed by atoms with E-state index in [9.17, 15) is 22.4 Å². The average Bonchev–Trinajstić information content (AvgIpc) is 3.32. The fourth-order valence-electron chi connectivity index (χ4n) is 3.19. The number of carbonyl (C=O) groups excluding carboxylic acids is 1. The van der Waals surface area contributed by atoms with E-state index in [1.165, 1.54) is 36.4 Å². The third kappa shape index (κ3) is 3.61. The Balaban J connectivity index is 2.01. The Kier molecular flexibility index (Phi) is 5.43. The lowest BCUT2D eigenvalue weighted by molar-refractivity contribution is -0.142. The summed E-state index contributed by atoms with van der Waals surface area (Å²) in [5.41, 5.74) is 2.04. The lowest BCUT2D eigenvalue weighted by Gasteiger charge is -2.13. The molecule has 12 heteroatoms. The number of halogens is 6. The fourth-order valence-corrected chi connectivity index (χ4v) is 3.66. The standard InChI is InChI=1S/C20H10Cl2F4N4O2/c21-10-4-1-2-7-13(10)30-18(20(24,25)26)9(8-28-30)17-15(19(27)31)16(29-32-17)14-11(22)5-3-6-12(14)23/h1-8H,(H2,27,31). The topological polar surface area (TPSA) is 86.9 Å². The lowest BCUT2D eigenvalue weighted by atomic mass is 10.0. The first-order valence-corrected chi connectivity index (χ1v) is 9.51. The average molecular weight is 485 g/mol. The Morgan fingerprint density at radius 2 is 1.75 bits per heavy atom. The minimum Gasteiger partial charge on any atom is -0.365 e. The maximum atomic E-state index is 14.4. The van der Waals surface area contributed by atoms with E-state index in [1.807, 2.05) is 0 Å². The number of amides is 1. The van der Waals surface area contributed by atoms with Crippen LogP contribution in [0.2, 0.25) is 10.0 Å². The molecule has 32 heavy (non-hydrogen) atoms. The molecule has 6 nitrogen and oxygen atoms in total. The van der Waals surface area contributed by atoms with Gasteiger partial charge in [0, 0.05) is 0 Å². The van der Waals surface area contributed by atoms with Gasteiger partial charge >= 0.3 is 6.18 Å². The highest BCUT2D eigenvalue weighted by molar-refractivity contribution is 6.33. The van der Waals surface area contributed by atoms with Crippen molar-refractivity contribution in [3.63, 3.8) is 0 Å². The number of para-hydroxylation sites is 1. The third-order valence-electron chi connectivity index (χ3n) is 4.50. The highest BCUT2D eigenvalue weighted by Crippen LogP contribution is 2.43. The largest absolute Gasteiger partial charge is 0.434 e. The molecule has 4 rings (SSSR count). The molecule has 1 amide bonds. The van der Waals surface area contributed by atoms with Crippen LogP contribution < -0.4 is 5.73 Å². The molecular formula is C20H10Cl2F4N4O2. The molecule has 2 aromatic carbocycles. The normalized spacial score (nSPS) is 11.7. The van der Waals surface area contributed by atoms with Gasteiger partial charge < -0.3 is 10.3 Å². The Bertz CT molecular complexity index is 1330. The second-order valence-corrected chi connectivity index (χ2v) is 7.28. The number of rotatable bonds is 4. The van der Waals surface area contributed by atoms with Gasteiger partial charge in [-0.2, -0.15) is 18.3 Å². The minimum absolute atomic E-state index is 0.000767. The summed E-state index contributed by atoms with van der Waals surface area (Å²) in [6.07, 6.45) is -4.13. The van der Waals surface area contributed by atoms with Crippen LogP contribution in [0.4, 0.5) is 17.6 Å². The fraction of sp³-hybridized carbons (Fsp3) is 0.0500. The van der Waals surface area contributed by atoms with Crippen LogP contribution in [0.25, 0.3) is 28.3 Å². The Morgan fingerprint density at radius 1 is 1.06 bits per heavy atom. The van der Waals surface area contributed by atoms with Crippen molar-refractivity contribution in [2.75, 3.05) is 0 Å². The Hall–Kier alpha value is -3.37. The number of hydrogen-bond acceptors (Lipinski definition) is 4. The smallest absolute Gasteiger partial charge is 0.365 e. The second-order valence-electron chi connectivity index (χ2n) is 6.46. The summed E-state index contributed by atoms with van der Waals surface area (Å²) < 4.78 is 62.2. The van der Waals surface area contributed by atoms with E-state index in [-0.39, 0.29) is 21.3 Å². The summed E-state index contributed by atoms with van der Waals surface area (Å²) in [6.45, 7) is 0. The molecule has 0 atom stereocenters. The van der Waals surface area contributed by atoms with Crippen molar-refractivity contribution < 1.29 is 26.9 Å². The molecule has 0 saturated carbocycles. The van der Waals surface area contributed by atoms with Crippen molar-refractivity contribution in [1.29, 1.82) is 0 Å². The molecule has 0 fully saturated rings. The van der Waals surface area contributed by atoms with Gasteiger partial charge in [-0.3, -0.25) is 4.79 Å². The van der Waals surface area contributed by atoms with E-state index in [0.29, 0.717) is 4.68 Å². The second kappa shape index (κ2) is 7.95. The summed E-state index contributed by atoms with van der Waals surface area (Å²) in [7, 11) is 0. The van der Waals surface area contributed by atoms with Crippen LogP contribution in [0.5, 0.6) is 0 Å². The van der Waals surface area contributed by atoms with E-state index in [1.54, 1.807) is 0 Å². The third-order valence-corrected chi connectivity index (χ3v) is 5.14. The van der Waals surface area contributed by atoms with Gasteiger partial charge in [-0.15, -0.1) is 0 Å². The zero-order chi connectivity index (χ0) is 23.2. The van der Waals surface area contributed by atoms with E-state index >= 15 is 0 Å². The van der Waals surface area contributed by atoms with Crippen molar-refractivity contribution in [3.8, 4) is 28.3 Å². The molecule has 2 heterocycles. The monoisotopic (exact) mass is 484 g/mol. The first-order chi connectivity index (χ1) is 15.1. The van der Waals surface area contributed by atoms with E-state index in [2.05, 4.69) is 10.3 Å². The number of benzene rings is 2. The van der Waals surface area contributed by atoms with Gasteiger partial charge in [0.2, 0.25) is 0 Å². The molecule has 4 aromatic rings. The predicted octanol–water partition coefficient (Wildman–Crippen LogP) is 5.76. The summed E-state index contributed by atoms with van der Waals surface area (Å²) >= 11 is 12.1. The van der Waals surface area contributed by atoms with Crippen LogP contribution >= 0.6 is 23.2 Å². The molecule has 0 spiro atoms. The molecule has 0 aliphatic rings. The van der Waals surface area contributed by atoms with E-state index < -0.39 is 46.2 Å². The van der Waals surface area contributed by atoms with Gasteiger partial charge in [0.15, 0.2) is 11.5 Å². The maximum Gasteiger partial charge on any atom is 0.434 e. The van der Waals surface area contributed by atoms with Crippen LogP contribution in [0.15, 0.2) is 53.2 Å². The maximum absolute atomic E-state index is 14.4. The quantitative estimate of drug-likeness (QED) is 0.373. The molecule has 0 radical (unpaired) electrons. The molecule has 164 valence electrons. The Labute approximate surface area is 187 Å². The van der Waals surface area contributed by atoms with Gasteiger partial charge in [-0.1, -0.05) is 46.6 Å². The van der Waals surface area contributed by atoms with Gasteiger partial charge in [0.25, 0.3) is 5.91 Å². The van der Waals surface area contributed by atoms with Crippen molar-refractivity contribution >= 4 is 29.1 Å². The number of primary amides is 1. The molecule has 0 bridgehead atoms. The Morgan fingerprint density at radius 3 is 2.38 bits per heavy atom. The minimum atomic E-state index is -4.96. The zero-order valence-corrected chi connectivity index (χ0v) is 17.1. The molecule has 0 saturated heterocycles. The van der Waals surface area contributed by atoms with Gasteiger partial charge in [0.1, 0.15) is 17.1 Å². The number of aromatic nitrogens is 3. The summed E-state index contributed by atoms with van der Waals surface area (Å²) in [5.74, 6) is -2.71. The first-order valence-electron chi connectivity index (χ1n) is 8.75. The van der Waals surface area contributed by atoms with Crippen molar-refractivity contribution in [3.05, 3.63) is 75.8 Å². The van der Waals surface area contributed by atoms with E-state index in [0.717, 1.165) is 12.3 Å². The van der Waals surface area contributed by atoms with Crippen molar-refractivity contribution in [2.45, 2.75) is 6.18 Å². The van der Waals surface area contributed by atoms with Crippen molar-refractivity contribution in [2.24, 2.45) is 5.73 Å². The van der Waals surface area contributed by atoms with Crippen LogP contribution in [-0.2, 0) is 6.18 Å². The van der Waals surface area contributed by atoms with Gasteiger partial charge in [0.05, 0.1) is 33.1 Å². The molecule has 2 N–H and O–H groups in total. The molecule has 0 unspecified atom stereocenters. The highest BCUT2D eigenvalue weighted by atomic mass is 35.5.